The molecule has 0 amide bonds. The van der Waals surface area contributed by atoms with Crippen molar-refractivity contribution in [2.24, 2.45) is 4.99 Å². The number of aryl methyl sites for hydroxylation is 1. The number of rotatable bonds is 3. The largest absolute Gasteiger partial charge is 0.226 e. The lowest BCUT2D eigenvalue weighted by Crippen LogP contribution is -2.03. The van der Waals surface area contributed by atoms with E-state index in [-0.39, 0.29) is 0 Å². The van der Waals surface area contributed by atoms with Crippen LogP contribution in [0.1, 0.15) is 16.8 Å². The highest BCUT2D eigenvalue weighted by Crippen LogP contribution is 2.20. The highest BCUT2D eigenvalue weighted by atomic mass is 35.5. The fourth-order valence-electron chi connectivity index (χ4n) is 2.08. The smallest absolute Gasteiger partial charge is 0.176 e. The van der Waals surface area contributed by atoms with Gasteiger partial charge < -0.3 is 0 Å². The summed E-state index contributed by atoms with van der Waals surface area (Å²) < 4.78 is 0. The number of hydrogen-bond acceptors (Lipinski definition) is 3. The van der Waals surface area contributed by atoms with E-state index < -0.39 is 0 Å². The van der Waals surface area contributed by atoms with E-state index in [1.165, 1.54) is 0 Å². The molecule has 0 spiro atoms. The van der Waals surface area contributed by atoms with Crippen LogP contribution in [0.2, 0.25) is 5.02 Å². The molecule has 0 aliphatic carbocycles. The lowest BCUT2D eigenvalue weighted by molar-refractivity contribution is 0.977. The summed E-state index contributed by atoms with van der Waals surface area (Å²) >= 11 is 6.12. The van der Waals surface area contributed by atoms with Gasteiger partial charge in [0.15, 0.2) is 5.82 Å². The summed E-state index contributed by atoms with van der Waals surface area (Å²) in [5, 5.41) is 8.70. The SMILES string of the molecule is Cc1nnc(N=C(c2ccccc2)c2ccccc2)cc1Cl. The summed E-state index contributed by atoms with van der Waals surface area (Å²) in [7, 11) is 0. The van der Waals surface area contributed by atoms with Crippen LogP contribution in [-0.4, -0.2) is 15.9 Å². The molecule has 3 rings (SSSR count). The van der Waals surface area contributed by atoms with Gasteiger partial charge in [0.2, 0.25) is 0 Å². The molecular formula is C18H14ClN3. The topological polar surface area (TPSA) is 38.1 Å². The second-order valence-electron chi connectivity index (χ2n) is 4.83. The summed E-state index contributed by atoms with van der Waals surface area (Å²) in [6, 6.07) is 21.7. The molecule has 0 N–H and O–H groups in total. The third kappa shape index (κ3) is 3.21. The predicted octanol–water partition coefficient (Wildman–Crippen LogP) is 4.61. The molecular weight excluding hydrogens is 294 g/mol. The Hall–Kier alpha value is -2.52. The molecule has 0 aliphatic heterocycles. The van der Waals surface area contributed by atoms with Gasteiger partial charge in [-0.3, -0.25) is 0 Å². The summed E-state index contributed by atoms with van der Waals surface area (Å²) in [5.74, 6) is 0.498. The van der Waals surface area contributed by atoms with Gasteiger partial charge in [0.05, 0.1) is 16.4 Å². The molecule has 4 heteroatoms. The van der Waals surface area contributed by atoms with Crippen molar-refractivity contribution in [1.82, 2.24) is 10.2 Å². The number of benzene rings is 2. The third-order valence-electron chi connectivity index (χ3n) is 3.22. The minimum atomic E-state index is 0.498. The van der Waals surface area contributed by atoms with Gasteiger partial charge in [-0.05, 0) is 6.92 Å². The van der Waals surface area contributed by atoms with Gasteiger partial charge in [0, 0.05) is 17.2 Å². The van der Waals surface area contributed by atoms with Gasteiger partial charge in [0.25, 0.3) is 0 Å². The van der Waals surface area contributed by atoms with E-state index in [1.807, 2.05) is 67.6 Å². The van der Waals surface area contributed by atoms with Crippen LogP contribution in [0.4, 0.5) is 5.82 Å². The highest BCUT2D eigenvalue weighted by Gasteiger charge is 2.08. The quantitative estimate of drug-likeness (QED) is 0.663. The van der Waals surface area contributed by atoms with Crippen molar-refractivity contribution < 1.29 is 0 Å². The Kier molecular flexibility index (Phi) is 4.26. The molecule has 0 atom stereocenters. The maximum atomic E-state index is 6.12. The van der Waals surface area contributed by atoms with Crippen LogP contribution in [0, 0.1) is 6.92 Å². The number of nitrogens with zero attached hydrogens (tertiary/aromatic N) is 3. The van der Waals surface area contributed by atoms with Crippen molar-refractivity contribution in [2.75, 3.05) is 0 Å². The van der Waals surface area contributed by atoms with Crippen LogP contribution in [0.15, 0.2) is 71.7 Å². The average Bonchev–Trinajstić information content (AvgIpc) is 2.57. The molecule has 0 unspecified atom stereocenters. The number of hydrogen-bond donors (Lipinski definition) is 0. The fraction of sp³-hybridized carbons (Fsp3) is 0.0556. The Morgan fingerprint density at radius 1 is 0.864 bits per heavy atom. The Balaban J connectivity index is 2.13. The average molecular weight is 308 g/mol. The molecule has 0 radical (unpaired) electrons. The van der Waals surface area contributed by atoms with Gasteiger partial charge in [-0.15, -0.1) is 5.10 Å². The maximum Gasteiger partial charge on any atom is 0.176 e. The number of aromatic nitrogens is 2. The zero-order valence-electron chi connectivity index (χ0n) is 12.1. The van der Waals surface area contributed by atoms with Gasteiger partial charge >= 0.3 is 0 Å². The van der Waals surface area contributed by atoms with Gasteiger partial charge in [-0.25, -0.2) is 4.99 Å². The van der Waals surface area contributed by atoms with Crippen molar-refractivity contribution in [2.45, 2.75) is 6.92 Å². The van der Waals surface area contributed by atoms with Crippen molar-refractivity contribution in [3.8, 4) is 0 Å². The Morgan fingerprint density at radius 2 is 1.41 bits per heavy atom. The number of halogens is 1. The minimum Gasteiger partial charge on any atom is -0.226 e. The molecule has 3 nitrogen and oxygen atoms in total. The monoisotopic (exact) mass is 307 g/mol. The molecule has 1 aromatic heterocycles. The van der Waals surface area contributed by atoms with Crippen molar-refractivity contribution in [3.05, 3.63) is 88.6 Å². The molecule has 2 aromatic carbocycles. The predicted molar refractivity (Wildman–Crippen MR) is 90.0 cm³/mol. The van der Waals surface area contributed by atoms with Crippen molar-refractivity contribution in [1.29, 1.82) is 0 Å². The Labute approximate surface area is 134 Å². The normalized spacial score (nSPS) is 10.3. The number of aliphatic imine (C=N–C) groups is 1. The summed E-state index contributed by atoms with van der Waals surface area (Å²) in [5.41, 5.74) is 3.58. The van der Waals surface area contributed by atoms with E-state index in [0.29, 0.717) is 16.5 Å². The lowest BCUT2D eigenvalue weighted by Gasteiger charge is -2.07. The van der Waals surface area contributed by atoms with E-state index in [1.54, 1.807) is 6.07 Å². The van der Waals surface area contributed by atoms with Crippen molar-refractivity contribution in [3.63, 3.8) is 0 Å². The van der Waals surface area contributed by atoms with E-state index in [2.05, 4.69) is 15.2 Å². The lowest BCUT2D eigenvalue weighted by atomic mass is 10.0. The van der Waals surface area contributed by atoms with Crippen molar-refractivity contribution >= 4 is 23.1 Å². The zero-order chi connectivity index (χ0) is 15.4. The van der Waals surface area contributed by atoms with E-state index in [9.17, 15) is 0 Å². The van der Waals surface area contributed by atoms with Crippen LogP contribution in [0.3, 0.4) is 0 Å². The maximum absolute atomic E-state index is 6.12. The molecule has 0 saturated heterocycles. The van der Waals surface area contributed by atoms with Crippen LogP contribution >= 0.6 is 11.6 Å². The molecule has 0 fully saturated rings. The molecule has 108 valence electrons. The van der Waals surface area contributed by atoms with Crippen LogP contribution in [0.25, 0.3) is 0 Å². The molecule has 3 aromatic rings. The molecule has 0 aliphatic rings. The first-order chi connectivity index (χ1) is 10.7. The summed E-state index contributed by atoms with van der Waals surface area (Å²) in [6.07, 6.45) is 0. The standard InChI is InChI=1S/C18H14ClN3/c1-13-16(19)12-17(22-21-13)20-18(14-8-4-2-5-9-14)15-10-6-3-7-11-15/h2-12H,1H3. The van der Waals surface area contributed by atoms with Gasteiger partial charge in [-0.2, -0.15) is 5.10 Å². The van der Waals surface area contributed by atoms with E-state index in [4.69, 9.17) is 11.6 Å². The summed E-state index contributed by atoms with van der Waals surface area (Å²) in [6.45, 7) is 1.82. The van der Waals surface area contributed by atoms with Gasteiger partial charge in [0.1, 0.15) is 0 Å². The van der Waals surface area contributed by atoms with Crippen LogP contribution in [-0.2, 0) is 0 Å². The molecule has 22 heavy (non-hydrogen) atoms. The van der Waals surface area contributed by atoms with E-state index in [0.717, 1.165) is 16.8 Å². The molecule has 0 saturated carbocycles. The van der Waals surface area contributed by atoms with Crippen LogP contribution in [0.5, 0.6) is 0 Å². The Bertz CT molecular complexity index is 758. The first-order valence-electron chi connectivity index (χ1n) is 6.93. The molecule has 0 bridgehead atoms. The zero-order valence-corrected chi connectivity index (χ0v) is 12.8. The third-order valence-corrected chi connectivity index (χ3v) is 3.61. The minimum absolute atomic E-state index is 0.498. The van der Waals surface area contributed by atoms with E-state index >= 15 is 0 Å². The first-order valence-corrected chi connectivity index (χ1v) is 7.31. The fourth-order valence-corrected chi connectivity index (χ4v) is 2.21. The van der Waals surface area contributed by atoms with Crippen LogP contribution < -0.4 is 0 Å². The highest BCUT2D eigenvalue weighted by molar-refractivity contribution is 6.31. The first kappa shape index (κ1) is 14.4. The molecule has 1 heterocycles. The summed E-state index contributed by atoms with van der Waals surface area (Å²) in [4.78, 5) is 4.66. The Morgan fingerprint density at radius 3 is 1.91 bits per heavy atom. The second kappa shape index (κ2) is 6.50. The second-order valence-corrected chi connectivity index (χ2v) is 5.24. The van der Waals surface area contributed by atoms with Gasteiger partial charge in [-0.1, -0.05) is 72.3 Å².